The van der Waals surface area contributed by atoms with Gasteiger partial charge in [0.1, 0.15) is 0 Å². The van der Waals surface area contributed by atoms with Crippen LogP contribution >= 0.6 is 0 Å². The predicted octanol–water partition coefficient (Wildman–Crippen LogP) is 3.40. The van der Waals surface area contributed by atoms with E-state index >= 15 is 0 Å². The van der Waals surface area contributed by atoms with Crippen LogP contribution in [0.4, 0.5) is 5.69 Å². The molecule has 1 heterocycles. The second-order valence-corrected chi connectivity index (χ2v) is 5.68. The molecule has 0 aromatic heterocycles. The molecule has 104 valence electrons. The number of β-amino-alcohol motifs (C(OH)–C–C–N with tert-alkyl or cyclic N) is 1. The van der Waals surface area contributed by atoms with Gasteiger partial charge in [-0.2, -0.15) is 0 Å². The molecule has 2 heteroatoms. The van der Waals surface area contributed by atoms with Gasteiger partial charge in [0, 0.05) is 18.8 Å². The third-order valence-corrected chi connectivity index (χ3v) is 4.29. The van der Waals surface area contributed by atoms with Crippen molar-refractivity contribution in [3.63, 3.8) is 0 Å². The second kappa shape index (κ2) is 5.29. The summed E-state index contributed by atoms with van der Waals surface area (Å²) in [5.74, 6) is 0. The highest BCUT2D eigenvalue weighted by Gasteiger charge is 2.21. The number of hydrogen-bond acceptors (Lipinski definition) is 2. The summed E-state index contributed by atoms with van der Waals surface area (Å²) in [6.07, 6.45) is 0.649. The molecule has 1 unspecified atom stereocenters. The van der Waals surface area contributed by atoms with Crippen molar-refractivity contribution < 1.29 is 5.11 Å². The van der Waals surface area contributed by atoms with Crippen LogP contribution in [0.5, 0.6) is 0 Å². The maximum Gasteiger partial charge on any atom is 0.0964 e. The standard InChI is InChI=1S/C18H21NO/c1-13-7-8-16(11-14(13)2)18(20)12-19-10-9-15-5-3-4-6-17(15)19/h3-8,11,18,20H,9-10,12H2,1-2H3. The maximum absolute atomic E-state index is 10.5. The summed E-state index contributed by atoms with van der Waals surface area (Å²) in [5.41, 5.74) is 6.18. The zero-order valence-corrected chi connectivity index (χ0v) is 12.1. The zero-order valence-electron chi connectivity index (χ0n) is 12.1. The number of aryl methyl sites for hydroxylation is 2. The minimum atomic E-state index is -0.430. The van der Waals surface area contributed by atoms with Crippen molar-refractivity contribution >= 4 is 5.69 Å². The number of nitrogens with zero attached hydrogens (tertiary/aromatic N) is 1. The molecule has 0 radical (unpaired) electrons. The fourth-order valence-electron chi connectivity index (χ4n) is 2.88. The van der Waals surface area contributed by atoms with Crippen molar-refractivity contribution in [3.8, 4) is 0 Å². The van der Waals surface area contributed by atoms with Crippen LogP contribution in [0.1, 0.15) is 28.4 Å². The topological polar surface area (TPSA) is 23.5 Å². The van der Waals surface area contributed by atoms with Crippen molar-refractivity contribution in [2.45, 2.75) is 26.4 Å². The first kappa shape index (κ1) is 13.2. The SMILES string of the molecule is Cc1ccc(C(O)CN2CCc3ccccc32)cc1C. The predicted molar refractivity (Wildman–Crippen MR) is 83.2 cm³/mol. The Hall–Kier alpha value is -1.80. The van der Waals surface area contributed by atoms with Gasteiger partial charge < -0.3 is 10.0 Å². The molecule has 0 saturated heterocycles. The summed E-state index contributed by atoms with van der Waals surface area (Å²) in [7, 11) is 0. The molecule has 0 aliphatic carbocycles. The quantitative estimate of drug-likeness (QED) is 0.921. The van der Waals surface area contributed by atoms with E-state index in [1.54, 1.807) is 0 Å². The number of hydrogen-bond donors (Lipinski definition) is 1. The largest absolute Gasteiger partial charge is 0.387 e. The number of anilines is 1. The molecule has 2 nitrogen and oxygen atoms in total. The van der Waals surface area contributed by atoms with Crippen molar-refractivity contribution in [1.29, 1.82) is 0 Å². The molecule has 0 saturated carbocycles. The summed E-state index contributed by atoms with van der Waals surface area (Å²) >= 11 is 0. The molecule has 2 aromatic carbocycles. The summed E-state index contributed by atoms with van der Waals surface area (Å²) in [4.78, 5) is 2.29. The van der Waals surface area contributed by atoms with Crippen molar-refractivity contribution in [2.24, 2.45) is 0 Å². The minimum absolute atomic E-state index is 0.430. The lowest BCUT2D eigenvalue weighted by Crippen LogP contribution is -2.26. The highest BCUT2D eigenvalue weighted by Crippen LogP contribution is 2.29. The van der Waals surface area contributed by atoms with Gasteiger partial charge >= 0.3 is 0 Å². The van der Waals surface area contributed by atoms with Gasteiger partial charge in [-0.05, 0) is 48.6 Å². The van der Waals surface area contributed by atoms with E-state index in [1.165, 1.54) is 22.4 Å². The van der Waals surface area contributed by atoms with E-state index in [0.717, 1.165) is 18.5 Å². The van der Waals surface area contributed by atoms with E-state index in [2.05, 4.69) is 55.1 Å². The van der Waals surface area contributed by atoms with Crippen LogP contribution in [0.2, 0.25) is 0 Å². The van der Waals surface area contributed by atoms with Gasteiger partial charge in [0.15, 0.2) is 0 Å². The van der Waals surface area contributed by atoms with Crippen LogP contribution in [0.15, 0.2) is 42.5 Å². The van der Waals surface area contributed by atoms with Crippen LogP contribution in [0.25, 0.3) is 0 Å². The average Bonchev–Trinajstić information content (AvgIpc) is 2.85. The van der Waals surface area contributed by atoms with Gasteiger partial charge in [-0.25, -0.2) is 0 Å². The first-order chi connectivity index (χ1) is 9.65. The van der Waals surface area contributed by atoms with Gasteiger partial charge in [0.05, 0.1) is 6.10 Å². The van der Waals surface area contributed by atoms with Gasteiger partial charge in [0.25, 0.3) is 0 Å². The Balaban J connectivity index is 1.77. The molecule has 2 aromatic rings. The van der Waals surface area contributed by atoms with Gasteiger partial charge in [-0.15, -0.1) is 0 Å². The van der Waals surface area contributed by atoms with Crippen molar-refractivity contribution in [1.82, 2.24) is 0 Å². The molecule has 0 spiro atoms. The lowest BCUT2D eigenvalue weighted by Gasteiger charge is -2.23. The Morgan fingerprint density at radius 2 is 1.90 bits per heavy atom. The van der Waals surface area contributed by atoms with E-state index in [4.69, 9.17) is 0 Å². The summed E-state index contributed by atoms with van der Waals surface area (Å²) in [6, 6.07) is 14.7. The Morgan fingerprint density at radius 1 is 1.10 bits per heavy atom. The van der Waals surface area contributed by atoms with E-state index in [1.807, 2.05) is 6.07 Å². The second-order valence-electron chi connectivity index (χ2n) is 5.68. The van der Waals surface area contributed by atoms with Gasteiger partial charge in [-0.3, -0.25) is 0 Å². The van der Waals surface area contributed by atoms with Crippen LogP contribution in [0.3, 0.4) is 0 Å². The third kappa shape index (κ3) is 2.44. The number of aliphatic hydroxyl groups is 1. The highest BCUT2D eigenvalue weighted by molar-refractivity contribution is 5.58. The average molecular weight is 267 g/mol. The fourth-order valence-corrected chi connectivity index (χ4v) is 2.88. The molecule has 0 fully saturated rings. The maximum atomic E-state index is 10.5. The lowest BCUT2D eigenvalue weighted by atomic mass is 10.0. The first-order valence-corrected chi connectivity index (χ1v) is 7.23. The van der Waals surface area contributed by atoms with Gasteiger partial charge in [-0.1, -0.05) is 36.4 Å². The number of benzene rings is 2. The zero-order chi connectivity index (χ0) is 14.1. The third-order valence-electron chi connectivity index (χ3n) is 4.29. The van der Waals surface area contributed by atoms with Crippen molar-refractivity contribution in [2.75, 3.05) is 18.0 Å². The van der Waals surface area contributed by atoms with E-state index in [0.29, 0.717) is 6.54 Å². The smallest absolute Gasteiger partial charge is 0.0964 e. The summed E-state index contributed by atoms with van der Waals surface area (Å²) in [5, 5.41) is 10.5. The summed E-state index contributed by atoms with van der Waals surface area (Å²) < 4.78 is 0. The molecule has 0 amide bonds. The van der Waals surface area contributed by atoms with Crippen molar-refractivity contribution in [3.05, 3.63) is 64.7 Å². The Kier molecular flexibility index (Phi) is 3.49. The molecular weight excluding hydrogens is 246 g/mol. The molecule has 1 atom stereocenters. The Morgan fingerprint density at radius 3 is 2.70 bits per heavy atom. The molecule has 1 aliphatic heterocycles. The first-order valence-electron chi connectivity index (χ1n) is 7.23. The molecule has 20 heavy (non-hydrogen) atoms. The summed E-state index contributed by atoms with van der Waals surface area (Å²) in [6.45, 7) is 5.86. The molecule has 1 aliphatic rings. The number of fused-ring (bicyclic) bond motifs is 1. The minimum Gasteiger partial charge on any atom is -0.387 e. The normalized spacial score (nSPS) is 15.2. The van der Waals surface area contributed by atoms with Crippen LogP contribution in [-0.4, -0.2) is 18.2 Å². The monoisotopic (exact) mass is 267 g/mol. The molecular formula is C18H21NO. The molecule has 0 bridgehead atoms. The number of aliphatic hydroxyl groups excluding tert-OH is 1. The lowest BCUT2D eigenvalue weighted by molar-refractivity contribution is 0.184. The number of rotatable bonds is 3. The Labute approximate surface area is 120 Å². The highest BCUT2D eigenvalue weighted by atomic mass is 16.3. The van der Waals surface area contributed by atoms with E-state index < -0.39 is 6.10 Å². The van der Waals surface area contributed by atoms with Crippen LogP contribution in [-0.2, 0) is 6.42 Å². The van der Waals surface area contributed by atoms with Gasteiger partial charge in [0.2, 0.25) is 0 Å². The van der Waals surface area contributed by atoms with Crippen LogP contribution < -0.4 is 4.90 Å². The molecule has 3 rings (SSSR count). The fraction of sp³-hybridized carbons (Fsp3) is 0.333. The molecule has 1 N–H and O–H groups in total. The number of para-hydroxylation sites is 1. The van der Waals surface area contributed by atoms with E-state index in [9.17, 15) is 5.11 Å². The van der Waals surface area contributed by atoms with Crippen LogP contribution in [0, 0.1) is 13.8 Å². The Bertz CT molecular complexity index is 621. The van der Waals surface area contributed by atoms with E-state index in [-0.39, 0.29) is 0 Å².